The molecule has 8 heteroatoms. The summed E-state index contributed by atoms with van der Waals surface area (Å²) in [5, 5.41) is -0.683. The van der Waals surface area contributed by atoms with E-state index in [1.807, 2.05) is 6.07 Å². The van der Waals surface area contributed by atoms with Crippen molar-refractivity contribution in [3.05, 3.63) is 23.8 Å². The lowest BCUT2D eigenvalue weighted by Crippen LogP contribution is -2.32. The largest absolute Gasteiger partial charge is 0.454 e. The minimum Gasteiger partial charge on any atom is -0.454 e. The Hall–Kier alpha value is -1.38. The fourth-order valence-electron chi connectivity index (χ4n) is 3.39. The molecule has 0 amide bonds. The first-order valence-electron chi connectivity index (χ1n) is 6.69. The first-order chi connectivity index (χ1) is 10.3. The second kappa shape index (κ2) is 5.07. The van der Waals surface area contributed by atoms with Crippen LogP contribution in [0.5, 0.6) is 11.5 Å². The van der Waals surface area contributed by atoms with Crippen LogP contribution in [0.3, 0.4) is 0 Å². The number of thiocarbonyl (C=S) groups is 1. The monoisotopic (exact) mass is 343 g/mol. The lowest BCUT2D eigenvalue weighted by molar-refractivity contribution is 0.166. The Bertz CT molecular complexity index is 733. The van der Waals surface area contributed by atoms with Crippen LogP contribution in [-0.4, -0.2) is 45.4 Å². The number of fused-ring (bicyclic) bond motifs is 1. The van der Waals surface area contributed by atoms with Crippen molar-refractivity contribution in [3.63, 3.8) is 0 Å². The van der Waals surface area contributed by atoms with E-state index < -0.39 is 20.5 Å². The molecule has 0 aromatic heterocycles. The number of ether oxygens (including phenoxy) is 3. The average Bonchev–Trinajstić information content (AvgIpc) is 2.91. The molecule has 3 atom stereocenters. The van der Waals surface area contributed by atoms with Crippen molar-refractivity contribution in [3.8, 4) is 11.5 Å². The standard InChI is InChI=1S/C14H17NO5S2/c1-18-6-14(13(15)21)11(12(14)22(2,16)17)8-3-4-9-10(5-8)20-7-19-9/h3-5,11-12H,6-7H2,1-2H3,(H2,15,21)/t11-,12-,14+/m0/s1. The third kappa shape index (κ3) is 2.17. The molecule has 120 valence electrons. The van der Waals surface area contributed by atoms with Gasteiger partial charge in [-0.1, -0.05) is 18.3 Å². The van der Waals surface area contributed by atoms with Gasteiger partial charge >= 0.3 is 0 Å². The van der Waals surface area contributed by atoms with E-state index in [-0.39, 0.29) is 24.3 Å². The van der Waals surface area contributed by atoms with Crippen molar-refractivity contribution in [2.24, 2.45) is 11.1 Å². The second-order valence-corrected chi connectivity index (χ2v) is 8.28. The number of hydrogen-bond donors (Lipinski definition) is 1. The zero-order valence-electron chi connectivity index (χ0n) is 12.2. The van der Waals surface area contributed by atoms with E-state index >= 15 is 0 Å². The van der Waals surface area contributed by atoms with Gasteiger partial charge in [0.15, 0.2) is 21.3 Å². The maximum Gasteiger partial charge on any atom is 0.231 e. The van der Waals surface area contributed by atoms with Gasteiger partial charge in [0, 0.05) is 19.3 Å². The zero-order chi connectivity index (χ0) is 16.1. The molecule has 1 heterocycles. The first kappa shape index (κ1) is 15.5. The van der Waals surface area contributed by atoms with Gasteiger partial charge in [-0.3, -0.25) is 0 Å². The molecule has 0 unspecified atom stereocenters. The predicted octanol–water partition coefficient (Wildman–Crippen LogP) is 0.845. The van der Waals surface area contributed by atoms with Gasteiger partial charge in [0.2, 0.25) is 6.79 Å². The molecular weight excluding hydrogens is 326 g/mol. The average molecular weight is 343 g/mol. The number of benzene rings is 1. The highest BCUT2D eigenvalue weighted by atomic mass is 32.2. The highest BCUT2D eigenvalue weighted by Gasteiger charge is 2.72. The Labute approximate surface area is 134 Å². The molecule has 1 aromatic carbocycles. The SMILES string of the molecule is COC[C@@]1(C(N)=S)[C@@H](c2ccc3c(c2)OCO3)[C@@H]1S(C)(=O)=O. The Morgan fingerprint density at radius 1 is 1.45 bits per heavy atom. The van der Waals surface area contributed by atoms with Crippen LogP contribution in [0, 0.1) is 5.41 Å². The van der Waals surface area contributed by atoms with Gasteiger partial charge in [-0.05, 0) is 17.7 Å². The second-order valence-electron chi connectivity index (χ2n) is 5.68. The molecule has 3 rings (SSSR count). The molecule has 0 radical (unpaired) electrons. The van der Waals surface area contributed by atoms with Crippen molar-refractivity contribution in [2.75, 3.05) is 26.8 Å². The maximum atomic E-state index is 12.2. The fraction of sp³-hybridized carbons (Fsp3) is 0.500. The van der Waals surface area contributed by atoms with E-state index in [9.17, 15) is 8.42 Å². The summed E-state index contributed by atoms with van der Waals surface area (Å²) >= 11 is 5.16. The van der Waals surface area contributed by atoms with Crippen LogP contribution < -0.4 is 15.2 Å². The van der Waals surface area contributed by atoms with Gasteiger partial charge < -0.3 is 19.9 Å². The lowest BCUT2D eigenvalue weighted by atomic mass is 9.99. The molecule has 2 aliphatic rings. The minimum absolute atomic E-state index is 0.160. The molecule has 1 aliphatic carbocycles. The third-order valence-electron chi connectivity index (χ3n) is 4.32. The number of rotatable bonds is 5. The lowest BCUT2D eigenvalue weighted by Gasteiger charge is -2.15. The van der Waals surface area contributed by atoms with Crippen molar-refractivity contribution < 1.29 is 22.6 Å². The number of nitrogens with two attached hydrogens (primary N) is 1. The van der Waals surface area contributed by atoms with Crippen LogP contribution in [-0.2, 0) is 14.6 Å². The topological polar surface area (TPSA) is 87.8 Å². The summed E-state index contributed by atoms with van der Waals surface area (Å²) in [5.41, 5.74) is 5.82. The highest BCUT2D eigenvalue weighted by molar-refractivity contribution is 7.92. The molecule has 0 bridgehead atoms. The van der Waals surface area contributed by atoms with Crippen LogP contribution in [0.1, 0.15) is 11.5 Å². The van der Waals surface area contributed by atoms with Crippen LogP contribution in [0.15, 0.2) is 18.2 Å². The Morgan fingerprint density at radius 2 is 2.14 bits per heavy atom. The van der Waals surface area contributed by atoms with E-state index in [2.05, 4.69) is 0 Å². The highest BCUT2D eigenvalue weighted by Crippen LogP contribution is 2.63. The van der Waals surface area contributed by atoms with E-state index in [0.29, 0.717) is 11.5 Å². The van der Waals surface area contributed by atoms with Gasteiger partial charge in [0.25, 0.3) is 0 Å². The van der Waals surface area contributed by atoms with Crippen molar-refractivity contribution in [1.29, 1.82) is 0 Å². The minimum atomic E-state index is -3.34. The molecule has 6 nitrogen and oxygen atoms in total. The van der Waals surface area contributed by atoms with E-state index in [4.69, 9.17) is 32.2 Å². The third-order valence-corrected chi connectivity index (χ3v) is 6.31. The molecule has 22 heavy (non-hydrogen) atoms. The normalized spacial score (nSPS) is 29.4. The number of hydrogen-bond acceptors (Lipinski definition) is 6. The molecule has 0 spiro atoms. The van der Waals surface area contributed by atoms with Crippen molar-refractivity contribution >= 4 is 27.0 Å². The maximum absolute atomic E-state index is 12.2. The Kier molecular flexibility index (Phi) is 3.58. The summed E-state index contributed by atoms with van der Waals surface area (Å²) in [5.74, 6) is 0.910. The van der Waals surface area contributed by atoms with Gasteiger partial charge in [0.05, 0.1) is 22.3 Å². The summed E-state index contributed by atoms with van der Waals surface area (Å²) in [4.78, 5) is 0.160. The van der Waals surface area contributed by atoms with Crippen molar-refractivity contribution in [2.45, 2.75) is 11.2 Å². The van der Waals surface area contributed by atoms with Crippen LogP contribution in [0.25, 0.3) is 0 Å². The number of methoxy groups -OCH3 is 1. The van der Waals surface area contributed by atoms with E-state index in [1.165, 1.54) is 13.4 Å². The van der Waals surface area contributed by atoms with Gasteiger partial charge in [-0.15, -0.1) is 0 Å². The number of sulfone groups is 1. The van der Waals surface area contributed by atoms with Crippen molar-refractivity contribution in [1.82, 2.24) is 0 Å². The van der Waals surface area contributed by atoms with E-state index in [0.717, 1.165) is 5.56 Å². The molecule has 1 aromatic rings. The molecular formula is C14H17NO5S2. The smallest absolute Gasteiger partial charge is 0.231 e. The zero-order valence-corrected chi connectivity index (χ0v) is 13.9. The van der Waals surface area contributed by atoms with Gasteiger partial charge in [-0.2, -0.15) is 0 Å². The molecule has 1 fully saturated rings. The summed E-state index contributed by atoms with van der Waals surface area (Å²) in [6.07, 6.45) is 1.20. The quantitative estimate of drug-likeness (QED) is 0.793. The van der Waals surface area contributed by atoms with Gasteiger partial charge in [-0.25, -0.2) is 8.42 Å². The van der Waals surface area contributed by atoms with Crippen LogP contribution in [0.2, 0.25) is 0 Å². The predicted molar refractivity (Wildman–Crippen MR) is 85.0 cm³/mol. The first-order valence-corrected chi connectivity index (χ1v) is 9.06. The van der Waals surface area contributed by atoms with Crippen LogP contribution in [0.4, 0.5) is 0 Å². The van der Waals surface area contributed by atoms with Crippen LogP contribution >= 0.6 is 12.2 Å². The molecule has 1 saturated carbocycles. The van der Waals surface area contributed by atoms with E-state index in [1.54, 1.807) is 12.1 Å². The molecule has 2 N–H and O–H groups in total. The summed E-state index contributed by atoms with van der Waals surface area (Å²) < 4.78 is 40.2. The Morgan fingerprint density at radius 3 is 2.73 bits per heavy atom. The molecule has 0 saturated heterocycles. The molecule has 1 aliphatic heterocycles. The summed E-state index contributed by atoms with van der Waals surface area (Å²) in [6.45, 7) is 0.330. The summed E-state index contributed by atoms with van der Waals surface area (Å²) in [6, 6.07) is 5.39. The fourth-order valence-corrected chi connectivity index (χ4v) is 5.70. The summed E-state index contributed by atoms with van der Waals surface area (Å²) in [7, 11) is -1.83. The van der Waals surface area contributed by atoms with Gasteiger partial charge in [0.1, 0.15) is 0 Å². The Balaban J connectivity index is 2.06.